The second-order valence-electron chi connectivity index (χ2n) is 3.11. The summed E-state index contributed by atoms with van der Waals surface area (Å²) in [4.78, 5) is 21.4. The summed E-state index contributed by atoms with van der Waals surface area (Å²) in [6.45, 7) is 7.55. The van der Waals surface area contributed by atoms with E-state index in [9.17, 15) is 9.59 Å². The summed E-state index contributed by atoms with van der Waals surface area (Å²) in [5.41, 5.74) is 0.409. The van der Waals surface area contributed by atoms with Crippen LogP contribution in [0.4, 0.5) is 0 Å². The van der Waals surface area contributed by atoms with Crippen molar-refractivity contribution < 1.29 is 14.3 Å². The molecule has 0 heterocycles. The summed E-state index contributed by atoms with van der Waals surface area (Å²) in [5.74, 6) is -0.395. The van der Waals surface area contributed by atoms with E-state index in [1.165, 1.54) is 6.92 Å². The van der Waals surface area contributed by atoms with Crippen LogP contribution >= 0.6 is 0 Å². The molecule has 0 unspecified atom stereocenters. The zero-order valence-electron chi connectivity index (χ0n) is 8.76. The van der Waals surface area contributed by atoms with Gasteiger partial charge >= 0.3 is 5.97 Å². The summed E-state index contributed by atoms with van der Waals surface area (Å²) in [7, 11) is 0. The fourth-order valence-electron chi connectivity index (χ4n) is 0.780. The van der Waals surface area contributed by atoms with Crippen LogP contribution in [0.3, 0.4) is 0 Å². The van der Waals surface area contributed by atoms with Crippen molar-refractivity contribution in [3.8, 4) is 0 Å². The molecule has 4 nitrogen and oxygen atoms in total. The quantitative estimate of drug-likeness (QED) is 0.395. The van der Waals surface area contributed by atoms with Crippen LogP contribution in [0.2, 0.25) is 0 Å². The van der Waals surface area contributed by atoms with E-state index in [2.05, 4.69) is 11.9 Å². The van der Waals surface area contributed by atoms with Gasteiger partial charge in [-0.2, -0.15) is 0 Å². The molecule has 0 saturated heterocycles. The van der Waals surface area contributed by atoms with E-state index < -0.39 is 0 Å². The standard InChI is InChI=1S/C10H17NO3/c1-8(2)10(13)14-7-5-4-6-11-9(3)12/h1,4-7H2,2-3H3,(H,11,12). The highest BCUT2D eigenvalue weighted by molar-refractivity contribution is 5.86. The Hall–Kier alpha value is -1.32. The molecular weight excluding hydrogens is 182 g/mol. The van der Waals surface area contributed by atoms with E-state index >= 15 is 0 Å². The minimum atomic E-state index is -0.357. The maximum absolute atomic E-state index is 10.9. The maximum Gasteiger partial charge on any atom is 0.333 e. The molecule has 14 heavy (non-hydrogen) atoms. The molecule has 0 aliphatic carbocycles. The minimum absolute atomic E-state index is 0.0380. The van der Waals surface area contributed by atoms with Crippen LogP contribution in [0.15, 0.2) is 12.2 Å². The molecule has 1 amide bonds. The normalized spacial score (nSPS) is 9.29. The topological polar surface area (TPSA) is 55.4 Å². The lowest BCUT2D eigenvalue weighted by molar-refractivity contribution is -0.139. The van der Waals surface area contributed by atoms with Gasteiger partial charge in [0.2, 0.25) is 5.91 Å². The zero-order valence-corrected chi connectivity index (χ0v) is 8.76. The molecule has 80 valence electrons. The minimum Gasteiger partial charge on any atom is -0.462 e. The number of hydrogen-bond acceptors (Lipinski definition) is 3. The Balaban J connectivity index is 3.26. The fraction of sp³-hybridized carbons (Fsp3) is 0.600. The average Bonchev–Trinajstić information content (AvgIpc) is 2.09. The Labute approximate surface area is 84.3 Å². The molecule has 0 atom stereocenters. The highest BCUT2D eigenvalue weighted by atomic mass is 16.5. The lowest BCUT2D eigenvalue weighted by Crippen LogP contribution is -2.21. The molecule has 0 aliphatic rings. The summed E-state index contributed by atoms with van der Waals surface area (Å²) < 4.78 is 4.86. The summed E-state index contributed by atoms with van der Waals surface area (Å²) in [6.07, 6.45) is 1.56. The number of rotatable bonds is 6. The zero-order chi connectivity index (χ0) is 11.0. The van der Waals surface area contributed by atoms with E-state index in [1.54, 1.807) is 6.92 Å². The first-order chi connectivity index (χ1) is 6.54. The van der Waals surface area contributed by atoms with Crippen molar-refractivity contribution in [1.82, 2.24) is 5.32 Å². The molecule has 0 saturated carbocycles. The summed E-state index contributed by atoms with van der Waals surface area (Å²) >= 11 is 0. The second kappa shape index (κ2) is 7.12. The molecule has 4 heteroatoms. The van der Waals surface area contributed by atoms with E-state index in [1.807, 2.05) is 0 Å². The molecule has 0 aromatic heterocycles. The van der Waals surface area contributed by atoms with Gasteiger partial charge in [0.25, 0.3) is 0 Å². The fourth-order valence-corrected chi connectivity index (χ4v) is 0.780. The predicted molar refractivity (Wildman–Crippen MR) is 53.7 cm³/mol. The highest BCUT2D eigenvalue weighted by Gasteiger charge is 2.01. The van der Waals surface area contributed by atoms with Gasteiger partial charge in [-0.25, -0.2) is 4.79 Å². The Kier molecular flexibility index (Phi) is 6.45. The van der Waals surface area contributed by atoms with Gasteiger partial charge in [0.1, 0.15) is 0 Å². The molecule has 0 bridgehead atoms. The van der Waals surface area contributed by atoms with E-state index in [-0.39, 0.29) is 11.9 Å². The Morgan fingerprint density at radius 2 is 1.93 bits per heavy atom. The lowest BCUT2D eigenvalue weighted by Gasteiger charge is -2.04. The van der Waals surface area contributed by atoms with Crippen molar-refractivity contribution in [1.29, 1.82) is 0 Å². The van der Waals surface area contributed by atoms with Gasteiger partial charge < -0.3 is 10.1 Å². The van der Waals surface area contributed by atoms with E-state index in [0.717, 1.165) is 12.8 Å². The molecule has 0 rings (SSSR count). The van der Waals surface area contributed by atoms with Gasteiger partial charge in [-0.05, 0) is 19.8 Å². The van der Waals surface area contributed by atoms with E-state index in [4.69, 9.17) is 4.74 Å². The third-order valence-electron chi connectivity index (χ3n) is 1.53. The van der Waals surface area contributed by atoms with Crippen molar-refractivity contribution in [3.63, 3.8) is 0 Å². The molecule has 0 aliphatic heterocycles. The smallest absolute Gasteiger partial charge is 0.333 e. The number of esters is 1. The van der Waals surface area contributed by atoms with Gasteiger partial charge in [0.05, 0.1) is 6.61 Å². The number of ether oxygens (including phenoxy) is 1. The van der Waals surface area contributed by atoms with Crippen molar-refractivity contribution in [2.24, 2.45) is 0 Å². The van der Waals surface area contributed by atoms with Crippen LogP contribution < -0.4 is 5.32 Å². The third kappa shape index (κ3) is 7.34. The molecule has 0 aromatic rings. The molecule has 0 aromatic carbocycles. The average molecular weight is 199 g/mol. The largest absolute Gasteiger partial charge is 0.462 e. The van der Waals surface area contributed by atoms with Crippen molar-refractivity contribution in [2.75, 3.05) is 13.2 Å². The van der Waals surface area contributed by atoms with Crippen molar-refractivity contribution >= 4 is 11.9 Å². The van der Waals surface area contributed by atoms with Gasteiger partial charge in [0, 0.05) is 19.0 Å². The van der Waals surface area contributed by atoms with Gasteiger partial charge in [0.15, 0.2) is 0 Å². The lowest BCUT2D eigenvalue weighted by atomic mass is 10.3. The monoisotopic (exact) mass is 199 g/mol. The molecule has 0 fully saturated rings. The predicted octanol–water partition coefficient (Wildman–Crippen LogP) is 1.02. The highest BCUT2D eigenvalue weighted by Crippen LogP contribution is 1.95. The Morgan fingerprint density at radius 1 is 1.29 bits per heavy atom. The molecule has 0 spiro atoms. The number of nitrogens with one attached hydrogen (secondary N) is 1. The van der Waals surface area contributed by atoms with Gasteiger partial charge in [-0.3, -0.25) is 4.79 Å². The van der Waals surface area contributed by atoms with Crippen molar-refractivity contribution in [2.45, 2.75) is 26.7 Å². The second-order valence-corrected chi connectivity index (χ2v) is 3.11. The summed E-state index contributed by atoms with van der Waals surface area (Å²) in [6, 6.07) is 0. The third-order valence-corrected chi connectivity index (χ3v) is 1.53. The van der Waals surface area contributed by atoms with Crippen LogP contribution in [0.1, 0.15) is 26.7 Å². The molecular formula is C10H17NO3. The number of carbonyl (C=O) groups is 2. The number of amides is 1. The first kappa shape index (κ1) is 12.7. The Morgan fingerprint density at radius 3 is 2.43 bits per heavy atom. The first-order valence-electron chi connectivity index (χ1n) is 4.61. The van der Waals surface area contributed by atoms with Crippen molar-refractivity contribution in [3.05, 3.63) is 12.2 Å². The van der Waals surface area contributed by atoms with Crippen LogP contribution in [-0.2, 0) is 14.3 Å². The van der Waals surface area contributed by atoms with Crippen LogP contribution in [-0.4, -0.2) is 25.0 Å². The van der Waals surface area contributed by atoms with Crippen LogP contribution in [0, 0.1) is 0 Å². The first-order valence-corrected chi connectivity index (χ1v) is 4.61. The van der Waals surface area contributed by atoms with E-state index in [0.29, 0.717) is 18.7 Å². The Bertz CT molecular complexity index is 223. The molecule has 0 radical (unpaired) electrons. The van der Waals surface area contributed by atoms with Crippen LogP contribution in [0.5, 0.6) is 0 Å². The van der Waals surface area contributed by atoms with Gasteiger partial charge in [-0.15, -0.1) is 0 Å². The van der Waals surface area contributed by atoms with Gasteiger partial charge in [-0.1, -0.05) is 6.58 Å². The molecule has 1 N–H and O–H groups in total. The number of carbonyl (C=O) groups excluding carboxylic acids is 2. The number of hydrogen-bond donors (Lipinski definition) is 1. The summed E-state index contributed by atoms with van der Waals surface area (Å²) in [5, 5.41) is 2.66. The SMILES string of the molecule is C=C(C)C(=O)OCCCCNC(C)=O. The number of unbranched alkanes of at least 4 members (excludes halogenated alkanes) is 1. The maximum atomic E-state index is 10.9. The van der Waals surface area contributed by atoms with Crippen LogP contribution in [0.25, 0.3) is 0 Å².